The Morgan fingerprint density at radius 1 is 1.19 bits per heavy atom. The Labute approximate surface area is 160 Å². The number of unbranched alkanes of at least 4 members (excludes halogenated alkanes) is 2. The van der Waals surface area contributed by atoms with Gasteiger partial charge in [0.25, 0.3) is 0 Å². The smallest absolute Gasteiger partial charge is 0.310 e. The van der Waals surface area contributed by atoms with Gasteiger partial charge in [-0.1, -0.05) is 56.3 Å². The Morgan fingerprint density at radius 2 is 1.92 bits per heavy atom. The average Bonchev–Trinajstić information content (AvgIpc) is 2.88. The minimum atomic E-state index is -0.229. The third-order valence-corrected chi connectivity index (χ3v) is 5.85. The van der Waals surface area contributed by atoms with Crippen LogP contribution in [0.25, 0.3) is 5.57 Å². The summed E-state index contributed by atoms with van der Waals surface area (Å²) < 4.78 is 5.81. The summed E-state index contributed by atoms with van der Waals surface area (Å²) in [6.45, 7) is 4.07. The summed E-state index contributed by atoms with van der Waals surface area (Å²) in [7, 11) is 0. The van der Waals surface area contributed by atoms with Crippen LogP contribution >= 0.6 is 11.6 Å². The first-order valence-corrected chi connectivity index (χ1v) is 10.2. The van der Waals surface area contributed by atoms with Gasteiger partial charge in [-0.25, -0.2) is 0 Å². The van der Waals surface area contributed by atoms with Gasteiger partial charge < -0.3 is 4.74 Å². The molecule has 0 aromatic heterocycles. The van der Waals surface area contributed by atoms with Crippen molar-refractivity contribution in [3.05, 3.63) is 40.1 Å². The molecule has 2 atom stereocenters. The predicted octanol–water partition coefficient (Wildman–Crippen LogP) is 5.87. The van der Waals surface area contributed by atoms with Crippen LogP contribution in [-0.4, -0.2) is 11.8 Å². The summed E-state index contributed by atoms with van der Waals surface area (Å²) in [6, 6.07) is 5.69. The van der Waals surface area contributed by atoms with Gasteiger partial charge in [0.2, 0.25) is 0 Å². The number of fused-ring (bicyclic) bond motifs is 1. The molecule has 0 bridgehead atoms. The van der Waals surface area contributed by atoms with E-state index in [4.69, 9.17) is 16.3 Å². The molecule has 0 aliphatic heterocycles. The third-order valence-electron chi connectivity index (χ3n) is 5.53. The molecule has 3 nitrogen and oxygen atoms in total. The van der Waals surface area contributed by atoms with Crippen molar-refractivity contribution in [3.8, 4) is 0 Å². The lowest BCUT2D eigenvalue weighted by atomic mass is 9.80. The molecule has 4 heteroatoms. The van der Waals surface area contributed by atoms with Crippen LogP contribution in [0.4, 0.5) is 0 Å². The number of benzene rings is 1. The number of hydrogen-bond donors (Lipinski definition) is 0. The molecule has 0 amide bonds. The monoisotopic (exact) mass is 374 g/mol. The van der Waals surface area contributed by atoms with Crippen molar-refractivity contribution >= 4 is 28.9 Å². The van der Waals surface area contributed by atoms with E-state index >= 15 is 0 Å². The van der Waals surface area contributed by atoms with Crippen LogP contribution in [0.3, 0.4) is 0 Å². The van der Waals surface area contributed by atoms with E-state index in [1.54, 1.807) is 0 Å². The van der Waals surface area contributed by atoms with E-state index in [9.17, 15) is 9.59 Å². The molecule has 3 rings (SSSR count). The van der Waals surface area contributed by atoms with Crippen LogP contribution in [0.1, 0.15) is 69.4 Å². The number of Topliss-reactive ketones (excluding diaryl/α,β-unsaturated/α-hetero) is 1. The normalized spacial score (nSPS) is 22.5. The maximum absolute atomic E-state index is 13.1. The third kappa shape index (κ3) is 3.88. The molecule has 0 N–H and O–H groups in total. The molecular weight excluding hydrogens is 348 g/mol. The molecule has 1 fully saturated rings. The second-order valence-corrected chi connectivity index (χ2v) is 7.92. The van der Waals surface area contributed by atoms with Crippen molar-refractivity contribution in [2.75, 3.05) is 0 Å². The number of carbonyl (C=O) groups is 2. The lowest BCUT2D eigenvalue weighted by molar-refractivity contribution is -0.140. The van der Waals surface area contributed by atoms with E-state index in [0.29, 0.717) is 28.3 Å². The first kappa shape index (κ1) is 19.2. The number of rotatable bonds is 6. The highest BCUT2D eigenvalue weighted by Gasteiger charge is 2.45. The van der Waals surface area contributed by atoms with Crippen LogP contribution in [0, 0.1) is 18.8 Å². The minimum Gasteiger partial charge on any atom is -0.430 e. The summed E-state index contributed by atoms with van der Waals surface area (Å²) in [5, 5.41) is 0.548. The Bertz CT molecular complexity index is 735. The van der Waals surface area contributed by atoms with Crippen LogP contribution < -0.4 is 0 Å². The quantitative estimate of drug-likeness (QED) is 0.461. The fraction of sp³-hybridized carbons (Fsp3) is 0.545. The summed E-state index contributed by atoms with van der Waals surface area (Å²) in [6.07, 6.45) is 7.19. The number of aryl methyl sites for hydroxylation is 1. The highest BCUT2D eigenvalue weighted by atomic mass is 35.5. The molecule has 140 valence electrons. The van der Waals surface area contributed by atoms with E-state index < -0.39 is 0 Å². The number of esters is 1. The summed E-state index contributed by atoms with van der Waals surface area (Å²) in [4.78, 5) is 25.5. The van der Waals surface area contributed by atoms with Crippen LogP contribution in [0.5, 0.6) is 0 Å². The van der Waals surface area contributed by atoms with E-state index in [0.717, 1.165) is 50.5 Å². The lowest BCUT2D eigenvalue weighted by Crippen LogP contribution is -2.22. The maximum Gasteiger partial charge on any atom is 0.310 e. The van der Waals surface area contributed by atoms with Gasteiger partial charge in [0.15, 0.2) is 5.78 Å². The van der Waals surface area contributed by atoms with Gasteiger partial charge in [-0.3, -0.25) is 9.59 Å². The van der Waals surface area contributed by atoms with Gasteiger partial charge in [0, 0.05) is 28.8 Å². The minimum absolute atomic E-state index is 0.0266. The molecule has 1 aromatic carbocycles. The standard InChI is InChI=1S/C22H27ClO3/c1-3-4-5-10-19(24)26-22-16-9-7-6-8-15(16)21(25)20(22)17-12-11-14(2)13-18(17)23/h11-13,15-16H,3-10H2,1-2H3. The number of carbonyl (C=O) groups excluding carboxylic acids is 2. The zero-order valence-electron chi connectivity index (χ0n) is 15.6. The van der Waals surface area contributed by atoms with Gasteiger partial charge >= 0.3 is 5.97 Å². The van der Waals surface area contributed by atoms with E-state index in [-0.39, 0.29) is 23.6 Å². The molecule has 0 saturated heterocycles. The van der Waals surface area contributed by atoms with Crippen molar-refractivity contribution < 1.29 is 14.3 Å². The fourth-order valence-electron chi connectivity index (χ4n) is 4.16. The van der Waals surface area contributed by atoms with E-state index in [2.05, 4.69) is 6.92 Å². The molecule has 0 heterocycles. The molecule has 1 saturated carbocycles. The van der Waals surface area contributed by atoms with Gasteiger partial charge in [0.1, 0.15) is 5.76 Å². The molecule has 26 heavy (non-hydrogen) atoms. The number of hydrogen-bond acceptors (Lipinski definition) is 3. The van der Waals surface area contributed by atoms with Crippen molar-refractivity contribution in [3.63, 3.8) is 0 Å². The molecule has 1 aromatic rings. The molecular formula is C22H27ClO3. The molecule has 2 aliphatic rings. The Hall–Kier alpha value is -1.61. The first-order valence-electron chi connectivity index (χ1n) is 9.78. The Balaban J connectivity index is 1.95. The first-order chi connectivity index (χ1) is 12.5. The Kier molecular flexibility index (Phi) is 6.18. The second-order valence-electron chi connectivity index (χ2n) is 7.52. The van der Waals surface area contributed by atoms with Crippen molar-refractivity contribution in [2.45, 2.75) is 65.2 Å². The van der Waals surface area contributed by atoms with Crippen LogP contribution in [-0.2, 0) is 14.3 Å². The van der Waals surface area contributed by atoms with Gasteiger partial charge in [-0.15, -0.1) is 0 Å². The van der Waals surface area contributed by atoms with E-state index in [1.165, 1.54) is 0 Å². The van der Waals surface area contributed by atoms with Crippen LogP contribution in [0.15, 0.2) is 24.0 Å². The predicted molar refractivity (Wildman–Crippen MR) is 104 cm³/mol. The number of halogens is 1. The molecule has 2 unspecified atom stereocenters. The highest BCUT2D eigenvalue weighted by Crippen LogP contribution is 2.48. The highest BCUT2D eigenvalue weighted by molar-refractivity contribution is 6.36. The topological polar surface area (TPSA) is 43.4 Å². The maximum atomic E-state index is 13.1. The number of allylic oxidation sites excluding steroid dienone is 2. The van der Waals surface area contributed by atoms with E-state index in [1.807, 2.05) is 25.1 Å². The van der Waals surface area contributed by atoms with Crippen molar-refractivity contribution in [1.82, 2.24) is 0 Å². The SMILES string of the molecule is CCCCCC(=O)OC1=C(c2ccc(C)cc2Cl)C(=O)C2CCCCC12. The Morgan fingerprint density at radius 3 is 2.62 bits per heavy atom. The largest absolute Gasteiger partial charge is 0.430 e. The van der Waals surface area contributed by atoms with Crippen LogP contribution in [0.2, 0.25) is 5.02 Å². The average molecular weight is 375 g/mol. The lowest BCUT2D eigenvalue weighted by Gasteiger charge is -2.25. The molecule has 0 spiro atoms. The second kappa shape index (κ2) is 8.39. The van der Waals surface area contributed by atoms with Crippen molar-refractivity contribution in [1.29, 1.82) is 0 Å². The van der Waals surface area contributed by atoms with Crippen molar-refractivity contribution in [2.24, 2.45) is 11.8 Å². The van der Waals surface area contributed by atoms with Gasteiger partial charge in [0.05, 0.1) is 5.57 Å². The zero-order chi connectivity index (χ0) is 18.7. The van der Waals surface area contributed by atoms with Gasteiger partial charge in [-0.2, -0.15) is 0 Å². The summed E-state index contributed by atoms with van der Waals surface area (Å²) in [5.41, 5.74) is 2.28. The summed E-state index contributed by atoms with van der Waals surface area (Å²) >= 11 is 6.45. The fourth-order valence-corrected chi connectivity index (χ4v) is 4.49. The molecule has 0 radical (unpaired) electrons. The zero-order valence-corrected chi connectivity index (χ0v) is 16.4. The number of ether oxygens (including phenoxy) is 1. The molecule has 2 aliphatic carbocycles. The summed E-state index contributed by atoms with van der Waals surface area (Å²) in [5.74, 6) is 0.408. The number of ketones is 1. The van der Waals surface area contributed by atoms with Gasteiger partial charge in [-0.05, 0) is 37.8 Å².